The van der Waals surface area contributed by atoms with Gasteiger partial charge in [0.15, 0.2) is 0 Å². The summed E-state index contributed by atoms with van der Waals surface area (Å²) in [6.45, 7) is 4.72. The average Bonchev–Trinajstić information content (AvgIpc) is 2.48. The lowest BCUT2D eigenvalue weighted by atomic mass is 9.67. The van der Waals surface area contributed by atoms with E-state index in [1.165, 1.54) is 12.8 Å². The van der Waals surface area contributed by atoms with Crippen LogP contribution in [-0.4, -0.2) is 0 Å². The molecule has 0 atom stereocenters. The van der Waals surface area contributed by atoms with Gasteiger partial charge in [-0.15, -0.1) is 0 Å². The highest BCUT2D eigenvalue weighted by Crippen LogP contribution is 2.68. The molecule has 0 heteroatoms. The molecule has 0 nitrogen and oxygen atoms in total. The zero-order valence-corrected chi connectivity index (χ0v) is 6.72. The molecule has 0 heterocycles. The molecule has 0 aromatic rings. The first-order chi connectivity index (χ1) is 4.80. The first-order valence-corrected chi connectivity index (χ1v) is 4.48. The summed E-state index contributed by atoms with van der Waals surface area (Å²) in [4.78, 5) is 0. The van der Waals surface area contributed by atoms with Crippen LogP contribution in [0.2, 0.25) is 0 Å². The smallest absolute Gasteiger partial charge is 0.0135 e. The van der Waals surface area contributed by atoms with E-state index in [-0.39, 0.29) is 0 Å². The van der Waals surface area contributed by atoms with Crippen molar-refractivity contribution < 1.29 is 0 Å². The molecule has 54 valence electrons. The highest BCUT2D eigenvalue weighted by molar-refractivity contribution is 5.37. The van der Waals surface area contributed by atoms with Gasteiger partial charge in [0.25, 0.3) is 0 Å². The van der Waals surface area contributed by atoms with Crippen molar-refractivity contribution in [1.29, 1.82) is 0 Å². The Morgan fingerprint density at radius 3 is 1.60 bits per heavy atom. The third-order valence-electron chi connectivity index (χ3n) is 4.30. The van der Waals surface area contributed by atoms with Crippen molar-refractivity contribution in [1.82, 2.24) is 0 Å². The van der Waals surface area contributed by atoms with E-state index in [4.69, 9.17) is 0 Å². The molecule has 0 aliphatic heterocycles. The maximum absolute atomic E-state index is 2.36. The molecular weight excluding hydrogens is 120 g/mol. The Kier molecular flexibility index (Phi) is 0.725. The second-order valence-electron chi connectivity index (χ2n) is 4.32. The van der Waals surface area contributed by atoms with Gasteiger partial charge in [0.2, 0.25) is 0 Å². The van der Waals surface area contributed by atoms with E-state index in [2.05, 4.69) is 13.8 Å². The molecule has 0 spiro atoms. The Hall–Kier alpha value is -0.260. The lowest BCUT2D eigenvalue weighted by Gasteiger charge is -2.36. The van der Waals surface area contributed by atoms with Crippen LogP contribution in [0.4, 0.5) is 0 Å². The standard InChI is InChI=1S/C10H14/c1-5-6(2)10-7-3-4-8(10)9(5)7/h7-10H,3-4H2,1-2H3. The van der Waals surface area contributed by atoms with Gasteiger partial charge >= 0.3 is 0 Å². The summed E-state index contributed by atoms with van der Waals surface area (Å²) < 4.78 is 0. The summed E-state index contributed by atoms with van der Waals surface area (Å²) in [5.41, 5.74) is 3.52. The summed E-state index contributed by atoms with van der Waals surface area (Å²) in [7, 11) is 0. The van der Waals surface area contributed by atoms with Gasteiger partial charge in [0, 0.05) is 0 Å². The maximum Gasteiger partial charge on any atom is -0.0135 e. The number of allylic oxidation sites excluding steroid dienone is 2. The summed E-state index contributed by atoms with van der Waals surface area (Å²) in [5.74, 6) is 4.35. The summed E-state index contributed by atoms with van der Waals surface area (Å²) in [6, 6.07) is 0. The van der Waals surface area contributed by atoms with E-state index in [1.807, 2.05) is 0 Å². The Morgan fingerprint density at radius 2 is 1.30 bits per heavy atom. The van der Waals surface area contributed by atoms with Crippen LogP contribution in [0, 0.1) is 23.7 Å². The molecule has 0 amide bonds. The normalized spacial score (nSPS) is 55.8. The van der Waals surface area contributed by atoms with E-state index >= 15 is 0 Å². The maximum atomic E-state index is 2.36. The van der Waals surface area contributed by atoms with Crippen LogP contribution < -0.4 is 0 Å². The van der Waals surface area contributed by atoms with Gasteiger partial charge in [-0.2, -0.15) is 0 Å². The molecule has 5 aliphatic rings. The topological polar surface area (TPSA) is 0 Å². The van der Waals surface area contributed by atoms with E-state index < -0.39 is 0 Å². The Balaban J connectivity index is 2.10. The SMILES string of the molecule is CC1=C(C)C2C3CCC2C13. The predicted molar refractivity (Wildman–Crippen MR) is 41.6 cm³/mol. The van der Waals surface area contributed by atoms with Gasteiger partial charge in [-0.1, -0.05) is 11.1 Å². The molecule has 3 fully saturated rings. The van der Waals surface area contributed by atoms with Crippen molar-refractivity contribution in [3.05, 3.63) is 11.1 Å². The van der Waals surface area contributed by atoms with Gasteiger partial charge < -0.3 is 0 Å². The number of hydrogen-bond acceptors (Lipinski definition) is 0. The molecule has 4 bridgehead atoms. The third kappa shape index (κ3) is 0.328. The first kappa shape index (κ1) is 5.40. The largest absolute Gasteiger partial charge is 0.0704 e. The number of fused-ring (bicyclic) bond motifs is 1. The van der Waals surface area contributed by atoms with E-state index in [0.717, 1.165) is 23.7 Å². The third-order valence-corrected chi connectivity index (χ3v) is 4.30. The fourth-order valence-corrected chi connectivity index (χ4v) is 3.85. The fraction of sp³-hybridized carbons (Fsp3) is 0.800. The van der Waals surface area contributed by atoms with Crippen LogP contribution in [0.25, 0.3) is 0 Å². The van der Waals surface area contributed by atoms with Crippen molar-refractivity contribution in [2.45, 2.75) is 26.7 Å². The number of rotatable bonds is 0. The van der Waals surface area contributed by atoms with Gasteiger partial charge in [-0.25, -0.2) is 0 Å². The monoisotopic (exact) mass is 134 g/mol. The van der Waals surface area contributed by atoms with Crippen molar-refractivity contribution in [3.63, 3.8) is 0 Å². The molecule has 10 heavy (non-hydrogen) atoms. The van der Waals surface area contributed by atoms with Gasteiger partial charge in [0.05, 0.1) is 0 Å². The van der Waals surface area contributed by atoms with Crippen molar-refractivity contribution >= 4 is 0 Å². The molecule has 3 saturated carbocycles. The molecule has 0 aromatic heterocycles. The van der Waals surface area contributed by atoms with E-state index in [1.54, 1.807) is 11.1 Å². The van der Waals surface area contributed by atoms with Crippen molar-refractivity contribution in [2.75, 3.05) is 0 Å². The van der Waals surface area contributed by atoms with Crippen LogP contribution >= 0.6 is 0 Å². The molecule has 5 rings (SSSR count). The van der Waals surface area contributed by atoms with Gasteiger partial charge in [0.1, 0.15) is 0 Å². The summed E-state index contributed by atoms with van der Waals surface area (Å²) >= 11 is 0. The zero-order chi connectivity index (χ0) is 6.88. The van der Waals surface area contributed by atoms with Crippen molar-refractivity contribution in [3.8, 4) is 0 Å². The highest BCUT2D eigenvalue weighted by atomic mass is 14.6. The summed E-state index contributed by atoms with van der Waals surface area (Å²) in [6.07, 6.45) is 3.07. The van der Waals surface area contributed by atoms with E-state index in [0.29, 0.717) is 0 Å². The second-order valence-corrected chi connectivity index (χ2v) is 4.32. The lowest BCUT2D eigenvalue weighted by Crippen LogP contribution is -2.32. The highest BCUT2D eigenvalue weighted by Gasteiger charge is 2.60. The van der Waals surface area contributed by atoms with E-state index in [9.17, 15) is 0 Å². The van der Waals surface area contributed by atoms with Gasteiger partial charge in [-0.05, 0) is 50.4 Å². The van der Waals surface area contributed by atoms with Gasteiger partial charge in [-0.3, -0.25) is 0 Å². The molecule has 0 saturated heterocycles. The van der Waals surface area contributed by atoms with Crippen molar-refractivity contribution in [2.24, 2.45) is 23.7 Å². The van der Waals surface area contributed by atoms with Crippen LogP contribution in [0.15, 0.2) is 11.1 Å². The fourth-order valence-electron chi connectivity index (χ4n) is 3.85. The lowest BCUT2D eigenvalue weighted by molar-refractivity contribution is 0.148. The average molecular weight is 134 g/mol. The quantitative estimate of drug-likeness (QED) is 0.447. The Labute approximate surface area is 62.3 Å². The minimum Gasteiger partial charge on any atom is -0.0704 e. The molecule has 0 aromatic carbocycles. The Bertz CT molecular complexity index is 192. The Morgan fingerprint density at radius 1 is 0.900 bits per heavy atom. The summed E-state index contributed by atoms with van der Waals surface area (Å²) in [5, 5.41) is 0. The molecule has 0 N–H and O–H groups in total. The molecule has 0 radical (unpaired) electrons. The zero-order valence-electron chi connectivity index (χ0n) is 6.72. The molecular formula is C10H14. The first-order valence-electron chi connectivity index (χ1n) is 4.48. The predicted octanol–water partition coefficient (Wildman–Crippen LogP) is 2.61. The minimum absolute atomic E-state index is 1.06. The number of hydrogen-bond donors (Lipinski definition) is 0. The molecule has 0 unspecified atom stereocenters. The van der Waals surface area contributed by atoms with Crippen LogP contribution in [0.5, 0.6) is 0 Å². The minimum atomic E-state index is 1.06. The van der Waals surface area contributed by atoms with Crippen LogP contribution in [0.1, 0.15) is 26.7 Å². The second kappa shape index (κ2) is 1.34. The van der Waals surface area contributed by atoms with Crippen LogP contribution in [0.3, 0.4) is 0 Å². The molecule has 5 aliphatic carbocycles. The van der Waals surface area contributed by atoms with Crippen LogP contribution in [-0.2, 0) is 0 Å².